The topological polar surface area (TPSA) is 92.7 Å². The molecule has 2 aliphatic carbocycles. The van der Waals surface area contributed by atoms with Crippen molar-refractivity contribution < 1.29 is 24.2 Å². The lowest BCUT2D eigenvalue weighted by Gasteiger charge is -2.33. The van der Waals surface area contributed by atoms with Gasteiger partial charge in [0.2, 0.25) is 5.91 Å². The lowest BCUT2D eigenvalue weighted by atomic mass is 9.72. The molecule has 0 bridgehead atoms. The largest absolute Gasteiger partial charge is 0.481 e. The number of thiophene rings is 1. The zero-order chi connectivity index (χ0) is 21.3. The Bertz CT molecular complexity index is 848. The fourth-order valence-electron chi connectivity index (χ4n) is 4.31. The number of allylic oxidation sites excluding steroid dienone is 2. The van der Waals surface area contributed by atoms with Crippen LogP contribution in [0.5, 0.6) is 0 Å². The molecule has 1 amide bonds. The van der Waals surface area contributed by atoms with Gasteiger partial charge in [-0.1, -0.05) is 32.9 Å². The molecule has 1 aromatic heterocycles. The number of hydrogen-bond donors (Lipinski definition) is 2. The van der Waals surface area contributed by atoms with Gasteiger partial charge in [-0.15, -0.1) is 11.3 Å². The highest BCUT2D eigenvalue weighted by Gasteiger charge is 2.37. The van der Waals surface area contributed by atoms with Gasteiger partial charge in [-0.2, -0.15) is 0 Å². The highest BCUT2D eigenvalue weighted by molar-refractivity contribution is 7.17. The number of carbonyl (C=O) groups excluding carboxylic acids is 2. The molecule has 1 heterocycles. The predicted molar refractivity (Wildman–Crippen MR) is 112 cm³/mol. The Morgan fingerprint density at radius 1 is 1.17 bits per heavy atom. The van der Waals surface area contributed by atoms with Crippen molar-refractivity contribution in [1.29, 1.82) is 0 Å². The number of carbonyl (C=O) groups is 3. The first-order valence-electron chi connectivity index (χ1n) is 10.0. The Balaban J connectivity index is 1.90. The first-order chi connectivity index (χ1) is 13.6. The van der Waals surface area contributed by atoms with E-state index in [-0.39, 0.29) is 11.3 Å². The van der Waals surface area contributed by atoms with Gasteiger partial charge in [0, 0.05) is 4.88 Å². The minimum Gasteiger partial charge on any atom is -0.481 e. The van der Waals surface area contributed by atoms with E-state index in [2.05, 4.69) is 26.1 Å². The number of carboxylic acid groups (broad SMARTS) is 1. The van der Waals surface area contributed by atoms with E-state index < -0.39 is 23.8 Å². The van der Waals surface area contributed by atoms with E-state index in [1.807, 2.05) is 6.08 Å². The normalized spacial score (nSPS) is 23.9. The van der Waals surface area contributed by atoms with Crippen LogP contribution in [-0.4, -0.2) is 30.1 Å². The van der Waals surface area contributed by atoms with Gasteiger partial charge in [-0.3, -0.25) is 9.59 Å². The molecule has 0 aromatic carbocycles. The van der Waals surface area contributed by atoms with Gasteiger partial charge in [-0.05, 0) is 49.0 Å². The molecule has 0 fully saturated rings. The predicted octanol–water partition coefficient (Wildman–Crippen LogP) is 4.29. The number of fused-ring (bicyclic) bond motifs is 1. The van der Waals surface area contributed by atoms with E-state index in [1.54, 1.807) is 6.08 Å². The van der Waals surface area contributed by atoms with E-state index in [0.29, 0.717) is 29.3 Å². The number of amides is 1. The molecule has 0 saturated carbocycles. The molecular weight excluding hydrogens is 390 g/mol. The SMILES string of the molecule is COC(=O)c1c(NC(=O)[C@H]2CC=CC[C@@H]2C(=O)O)sc2c1CC[C@@H](C(C)(C)C)C2. The first-order valence-corrected chi connectivity index (χ1v) is 10.9. The Morgan fingerprint density at radius 2 is 1.83 bits per heavy atom. The number of methoxy groups -OCH3 is 1. The maximum Gasteiger partial charge on any atom is 0.341 e. The van der Waals surface area contributed by atoms with Gasteiger partial charge in [0.1, 0.15) is 5.00 Å². The molecule has 29 heavy (non-hydrogen) atoms. The van der Waals surface area contributed by atoms with Gasteiger partial charge in [0.15, 0.2) is 0 Å². The zero-order valence-electron chi connectivity index (χ0n) is 17.4. The summed E-state index contributed by atoms with van der Waals surface area (Å²) in [6.45, 7) is 6.68. The van der Waals surface area contributed by atoms with Crippen LogP contribution in [-0.2, 0) is 27.2 Å². The molecular formula is C22H29NO5S. The molecule has 6 nitrogen and oxygen atoms in total. The number of nitrogens with one attached hydrogen (secondary N) is 1. The summed E-state index contributed by atoms with van der Waals surface area (Å²) >= 11 is 1.43. The molecule has 0 aliphatic heterocycles. The monoisotopic (exact) mass is 419 g/mol. The van der Waals surface area contributed by atoms with Crippen LogP contribution in [0.1, 0.15) is 60.8 Å². The summed E-state index contributed by atoms with van der Waals surface area (Å²) in [5, 5.41) is 12.8. The highest BCUT2D eigenvalue weighted by Crippen LogP contribution is 2.44. The van der Waals surface area contributed by atoms with Crippen LogP contribution < -0.4 is 5.32 Å². The Morgan fingerprint density at radius 3 is 2.41 bits per heavy atom. The zero-order valence-corrected chi connectivity index (χ0v) is 18.2. The molecule has 2 aliphatic rings. The van der Waals surface area contributed by atoms with Crippen molar-refractivity contribution in [2.75, 3.05) is 12.4 Å². The molecule has 0 saturated heterocycles. The van der Waals surface area contributed by atoms with Crippen molar-refractivity contribution >= 4 is 34.2 Å². The average Bonchev–Trinajstić information content (AvgIpc) is 3.03. The third-order valence-corrected chi connectivity index (χ3v) is 7.37. The smallest absolute Gasteiger partial charge is 0.341 e. The standard InChI is InChI=1S/C22H29NO5S/c1-22(2,3)12-9-10-15-16(11-12)29-19(17(15)21(27)28-4)23-18(24)13-7-5-6-8-14(13)20(25)26/h5-6,12-14H,7-11H2,1-4H3,(H,23,24)(H,25,26)/t12-,13+,14+/m1/s1. The quantitative estimate of drug-likeness (QED) is 0.561. The third kappa shape index (κ3) is 4.39. The van der Waals surface area contributed by atoms with Crippen molar-refractivity contribution in [2.45, 2.75) is 52.9 Å². The minimum atomic E-state index is -0.971. The Kier molecular flexibility index (Phi) is 6.17. The Labute approximate surface area is 175 Å². The molecule has 2 N–H and O–H groups in total. The van der Waals surface area contributed by atoms with Gasteiger partial charge >= 0.3 is 11.9 Å². The van der Waals surface area contributed by atoms with Crippen LogP contribution in [0.2, 0.25) is 0 Å². The van der Waals surface area contributed by atoms with Crippen molar-refractivity contribution in [3.63, 3.8) is 0 Å². The first kappa shape index (κ1) is 21.6. The van der Waals surface area contributed by atoms with Crippen LogP contribution in [0.25, 0.3) is 0 Å². The lowest BCUT2D eigenvalue weighted by molar-refractivity contribution is -0.146. The molecule has 3 rings (SSSR count). The summed E-state index contributed by atoms with van der Waals surface area (Å²) in [4.78, 5) is 38.1. The van der Waals surface area contributed by atoms with Gasteiger partial charge in [-0.25, -0.2) is 4.79 Å². The summed E-state index contributed by atoms with van der Waals surface area (Å²) < 4.78 is 4.99. The van der Waals surface area contributed by atoms with E-state index in [0.717, 1.165) is 29.7 Å². The Hall–Kier alpha value is -2.15. The minimum absolute atomic E-state index is 0.166. The maximum atomic E-state index is 12.9. The number of carboxylic acids is 1. The second kappa shape index (κ2) is 8.30. The van der Waals surface area contributed by atoms with E-state index in [1.165, 1.54) is 18.4 Å². The van der Waals surface area contributed by atoms with Crippen LogP contribution in [0.3, 0.4) is 0 Å². The molecule has 158 valence electrons. The summed E-state index contributed by atoms with van der Waals surface area (Å²) in [6.07, 6.45) is 7.00. The molecule has 7 heteroatoms. The van der Waals surface area contributed by atoms with Gasteiger partial charge in [0.05, 0.1) is 24.5 Å². The fourth-order valence-corrected chi connectivity index (χ4v) is 5.63. The second-order valence-corrected chi connectivity index (χ2v) is 10.1. The average molecular weight is 420 g/mol. The fraction of sp³-hybridized carbons (Fsp3) is 0.591. The summed E-state index contributed by atoms with van der Waals surface area (Å²) in [5.74, 6) is -2.67. The summed E-state index contributed by atoms with van der Waals surface area (Å²) in [7, 11) is 1.34. The summed E-state index contributed by atoms with van der Waals surface area (Å²) in [5.41, 5.74) is 1.57. The maximum absolute atomic E-state index is 12.9. The second-order valence-electron chi connectivity index (χ2n) is 8.99. The van der Waals surface area contributed by atoms with Crippen LogP contribution in [0.15, 0.2) is 12.2 Å². The van der Waals surface area contributed by atoms with Crippen molar-refractivity contribution in [3.8, 4) is 0 Å². The van der Waals surface area contributed by atoms with E-state index in [9.17, 15) is 19.5 Å². The van der Waals surface area contributed by atoms with E-state index >= 15 is 0 Å². The van der Waals surface area contributed by atoms with Crippen molar-refractivity contribution in [1.82, 2.24) is 0 Å². The third-order valence-electron chi connectivity index (χ3n) is 6.20. The molecule has 0 unspecified atom stereocenters. The van der Waals surface area contributed by atoms with E-state index in [4.69, 9.17) is 4.74 Å². The molecule has 3 atom stereocenters. The number of anilines is 1. The van der Waals surface area contributed by atoms with Gasteiger partial charge in [0.25, 0.3) is 0 Å². The van der Waals surface area contributed by atoms with Gasteiger partial charge < -0.3 is 15.2 Å². The number of esters is 1. The van der Waals surface area contributed by atoms with Crippen LogP contribution >= 0.6 is 11.3 Å². The summed E-state index contributed by atoms with van der Waals surface area (Å²) in [6, 6.07) is 0. The molecule has 0 radical (unpaired) electrons. The van der Waals surface area contributed by atoms with Crippen LogP contribution in [0, 0.1) is 23.2 Å². The number of aliphatic carboxylic acids is 1. The molecule has 1 aromatic rings. The highest BCUT2D eigenvalue weighted by atomic mass is 32.1. The number of ether oxygens (including phenoxy) is 1. The molecule has 0 spiro atoms. The van der Waals surface area contributed by atoms with Crippen LogP contribution in [0.4, 0.5) is 5.00 Å². The number of hydrogen-bond acceptors (Lipinski definition) is 5. The van der Waals surface area contributed by atoms with Crippen molar-refractivity contribution in [3.05, 3.63) is 28.2 Å². The van der Waals surface area contributed by atoms with Crippen molar-refractivity contribution in [2.24, 2.45) is 23.2 Å². The lowest BCUT2D eigenvalue weighted by Crippen LogP contribution is -2.34. The number of rotatable bonds is 4.